The van der Waals surface area contributed by atoms with Gasteiger partial charge in [0.2, 0.25) is 0 Å². The second-order valence-electron chi connectivity index (χ2n) is 4.78. The van der Waals surface area contributed by atoms with Crippen molar-refractivity contribution in [1.82, 2.24) is 0 Å². The van der Waals surface area contributed by atoms with E-state index >= 15 is 0 Å². The Morgan fingerprint density at radius 2 is 1.81 bits per heavy atom. The Morgan fingerprint density at radius 1 is 1.10 bits per heavy atom. The van der Waals surface area contributed by atoms with Gasteiger partial charge in [-0.3, -0.25) is 4.79 Å². The van der Waals surface area contributed by atoms with E-state index in [-0.39, 0.29) is 5.91 Å². The van der Waals surface area contributed by atoms with E-state index in [0.717, 1.165) is 0 Å². The average Bonchev–Trinajstić information content (AvgIpc) is 2.53. The zero-order valence-corrected chi connectivity index (χ0v) is 11.7. The number of ether oxygens (including phenoxy) is 2. The molecular formula is C16H16N2O3. The molecule has 0 aliphatic carbocycles. The number of fused-ring (bicyclic) bond motifs is 1. The molecule has 1 aliphatic rings. The highest BCUT2D eigenvalue weighted by Crippen LogP contribution is 2.32. The summed E-state index contributed by atoms with van der Waals surface area (Å²) in [6.45, 7) is 1.02. The maximum absolute atomic E-state index is 12.6. The van der Waals surface area contributed by atoms with Gasteiger partial charge >= 0.3 is 0 Å². The van der Waals surface area contributed by atoms with Gasteiger partial charge in [0.05, 0.1) is 11.4 Å². The molecule has 0 radical (unpaired) electrons. The van der Waals surface area contributed by atoms with Gasteiger partial charge in [-0.1, -0.05) is 12.1 Å². The van der Waals surface area contributed by atoms with Gasteiger partial charge in [-0.2, -0.15) is 0 Å². The average molecular weight is 284 g/mol. The third-order valence-corrected chi connectivity index (χ3v) is 3.39. The smallest absolute Gasteiger partial charge is 0.258 e. The van der Waals surface area contributed by atoms with Gasteiger partial charge in [-0.25, -0.2) is 0 Å². The second-order valence-corrected chi connectivity index (χ2v) is 4.78. The predicted molar refractivity (Wildman–Crippen MR) is 81.0 cm³/mol. The summed E-state index contributed by atoms with van der Waals surface area (Å²) < 4.78 is 11.0. The first kappa shape index (κ1) is 13.3. The molecule has 0 saturated heterocycles. The van der Waals surface area contributed by atoms with Crippen LogP contribution in [0.1, 0.15) is 10.4 Å². The molecule has 2 aromatic rings. The first-order chi connectivity index (χ1) is 10.2. The molecule has 0 atom stereocenters. The molecule has 0 saturated carbocycles. The monoisotopic (exact) mass is 284 g/mol. The third kappa shape index (κ3) is 2.50. The number of para-hydroxylation sites is 2. The Labute approximate surface area is 122 Å². The molecule has 0 bridgehead atoms. The molecule has 21 heavy (non-hydrogen) atoms. The van der Waals surface area contributed by atoms with Crippen LogP contribution in [0.5, 0.6) is 11.5 Å². The first-order valence-electron chi connectivity index (χ1n) is 6.69. The zero-order chi connectivity index (χ0) is 14.8. The summed E-state index contributed by atoms with van der Waals surface area (Å²) >= 11 is 0. The van der Waals surface area contributed by atoms with Crippen LogP contribution in [-0.4, -0.2) is 26.2 Å². The van der Waals surface area contributed by atoms with E-state index in [4.69, 9.17) is 15.2 Å². The Bertz CT molecular complexity index is 685. The summed E-state index contributed by atoms with van der Waals surface area (Å²) in [6.07, 6.45) is 0. The number of hydrogen-bond donors (Lipinski definition) is 1. The minimum Gasteiger partial charge on any atom is -0.486 e. The van der Waals surface area contributed by atoms with Crippen LogP contribution in [0.2, 0.25) is 0 Å². The summed E-state index contributed by atoms with van der Waals surface area (Å²) in [5, 5.41) is 0. The molecule has 1 heterocycles. The van der Waals surface area contributed by atoms with Gasteiger partial charge in [-0.15, -0.1) is 0 Å². The van der Waals surface area contributed by atoms with Crippen molar-refractivity contribution < 1.29 is 14.3 Å². The summed E-state index contributed by atoms with van der Waals surface area (Å²) in [5.74, 6) is 1.12. The Kier molecular flexibility index (Phi) is 3.39. The molecule has 0 fully saturated rings. The number of hydrogen-bond acceptors (Lipinski definition) is 4. The zero-order valence-electron chi connectivity index (χ0n) is 11.7. The van der Waals surface area contributed by atoms with Crippen molar-refractivity contribution in [2.75, 3.05) is 30.9 Å². The number of nitrogen functional groups attached to an aromatic ring is 1. The lowest BCUT2D eigenvalue weighted by Crippen LogP contribution is -2.27. The highest BCUT2D eigenvalue weighted by molar-refractivity contribution is 6.07. The number of carbonyl (C=O) groups is 1. The van der Waals surface area contributed by atoms with Crippen LogP contribution in [0.4, 0.5) is 11.4 Å². The van der Waals surface area contributed by atoms with Crippen LogP contribution in [0, 0.1) is 0 Å². The molecule has 0 aromatic heterocycles. The fourth-order valence-corrected chi connectivity index (χ4v) is 2.27. The second kappa shape index (κ2) is 5.36. The van der Waals surface area contributed by atoms with Gasteiger partial charge in [0.25, 0.3) is 5.91 Å². The van der Waals surface area contributed by atoms with Crippen LogP contribution in [-0.2, 0) is 0 Å². The van der Waals surface area contributed by atoms with Crippen molar-refractivity contribution in [2.45, 2.75) is 0 Å². The first-order valence-corrected chi connectivity index (χ1v) is 6.69. The standard InChI is InChI=1S/C16H16N2O3/c1-18(13-5-3-2-4-12(13)17)16(19)11-6-7-14-15(10-11)21-9-8-20-14/h2-7,10H,8-9,17H2,1H3. The van der Waals surface area contributed by atoms with E-state index in [0.29, 0.717) is 41.7 Å². The highest BCUT2D eigenvalue weighted by atomic mass is 16.6. The molecule has 1 amide bonds. The molecule has 2 N–H and O–H groups in total. The summed E-state index contributed by atoms with van der Waals surface area (Å²) in [4.78, 5) is 14.1. The number of carbonyl (C=O) groups excluding carboxylic acids is 1. The molecule has 0 unspecified atom stereocenters. The predicted octanol–water partition coefficient (Wildman–Crippen LogP) is 2.32. The molecule has 5 heteroatoms. The highest BCUT2D eigenvalue weighted by Gasteiger charge is 2.19. The molecule has 0 spiro atoms. The van der Waals surface area contributed by atoms with Crippen molar-refractivity contribution >= 4 is 17.3 Å². The number of anilines is 2. The van der Waals surface area contributed by atoms with E-state index in [1.54, 1.807) is 31.3 Å². The van der Waals surface area contributed by atoms with Crippen LogP contribution >= 0.6 is 0 Å². The number of nitrogens with zero attached hydrogens (tertiary/aromatic N) is 1. The lowest BCUT2D eigenvalue weighted by atomic mass is 10.1. The van der Waals surface area contributed by atoms with Crippen molar-refractivity contribution in [3.05, 3.63) is 48.0 Å². The van der Waals surface area contributed by atoms with Gasteiger partial charge in [0.1, 0.15) is 13.2 Å². The van der Waals surface area contributed by atoms with E-state index in [9.17, 15) is 4.79 Å². The summed E-state index contributed by atoms with van der Waals surface area (Å²) in [5.41, 5.74) is 7.68. The normalized spacial score (nSPS) is 12.8. The maximum Gasteiger partial charge on any atom is 0.258 e. The fraction of sp³-hybridized carbons (Fsp3) is 0.188. The van der Waals surface area contributed by atoms with Crippen LogP contribution in [0.3, 0.4) is 0 Å². The number of amides is 1. The van der Waals surface area contributed by atoms with E-state index in [2.05, 4.69) is 0 Å². The largest absolute Gasteiger partial charge is 0.486 e. The Morgan fingerprint density at radius 3 is 2.57 bits per heavy atom. The lowest BCUT2D eigenvalue weighted by Gasteiger charge is -2.21. The third-order valence-electron chi connectivity index (χ3n) is 3.39. The number of nitrogens with two attached hydrogens (primary N) is 1. The van der Waals surface area contributed by atoms with Gasteiger partial charge in [0.15, 0.2) is 11.5 Å². The van der Waals surface area contributed by atoms with Gasteiger partial charge in [-0.05, 0) is 30.3 Å². The van der Waals surface area contributed by atoms with Crippen molar-refractivity contribution in [3.63, 3.8) is 0 Å². The van der Waals surface area contributed by atoms with Gasteiger partial charge in [0, 0.05) is 12.6 Å². The molecule has 3 rings (SSSR count). The topological polar surface area (TPSA) is 64.8 Å². The van der Waals surface area contributed by atoms with Crippen molar-refractivity contribution in [3.8, 4) is 11.5 Å². The van der Waals surface area contributed by atoms with Crippen LogP contribution in [0.15, 0.2) is 42.5 Å². The summed E-state index contributed by atoms with van der Waals surface area (Å²) in [6, 6.07) is 12.4. The van der Waals surface area contributed by atoms with Crippen molar-refractivity contribution in [1.29, 1.82) is 0 Å². The quantitative estimate of drug-likeness (QED) is 0.860. The minimum absolute atomic E-state index is 0.148. The molecule has 2 aromatic carbocycles. The molecule has 1 aliphatic heterocycles. The van der Waals surface area contributed by atoms with E-state index in [1.807, 2.05) is 18.2 Å². The Balaban J connectivity index is 1.90. The minimum atomic E-state index is -0.148. The maximum atomic E-state index is 12.6. The number of benzene rings is 2. The van der Waals surface area contributed by atoms with Crippen LogP contribution < -0.4 is 20.1 Å². The Hall–Kier alpha value is -2.69. The fourth-order valence-electron chi connectivity index (χ4n) is 2.27. The molecule has 108 valence electrons. The van der Waals surface area contributed by atoms with Crippen LogP contribution in [0.25, 0.3) is 0 Å². The van der Waals surface area contributed by atoms with Gasteiger partial charge < -0.3 is 20.1 Å². The molecule has 5 nitrogen and oxygen atoms in total. The SMILES string of the molecule is CN(C(=O)c1ccc2c(c1)OCCO2)c1ccccc1N. The molecular weight excluding hydrogens is 268 g/mol. The van der Waals surface area contributed by atoms with E-state index in [1.165, 1.54) is 4.90 Å². The number of rotatable bonds is 2. The lowest BCUT2D eigenvalue weighted by molar-refractivity contribution is 0.0992. The summed E-state index contributed by atoms with van der Waals surface area (Å²) in [7, 11) is 1.70. The van der Waals surface area contributed by atoms with E-state index < -0.39 is 0 Å². The van der Waals surface area contributed by atoms with Crippen molar-refractivity contribution in [2.24, 2.45) is 0 Å².